The first-order valence-corrected chi connectivity index (χ1v) is 5.47. The smallest absolute Gasteiger partial charge is 0.246 e. The Hall–Kier alpha value is -1.45. The van der Waals surface area contributed by atoms with E-state index >= 15 is 0 Å². The van der Waals surface area contributed by atoms with Crippen LogP contribution < -0.4 is 5.32 Å². The highest BCUT2D eigenvalue weighted by Gasteiger charge is 2.24. The van der Waals surface area contributed by atoms with Gasteiger partial charge in [-0.2, -0.15) is 0 Å². The fourth-order valence-electron chi connectivity index (χ4n) is 1.21. The maximum atomic E-state index is 11.6. The van der Waals surface area contributed by atoms with Gasteiger partial charge in [0.1, 0.15) is 0 Å². The second kappa shape index (κ2) is 6.93. The highest BCUT2D eigenvalue weighted by molar-refractivity contribution is 6.39. The number of nitrogens with one attached hydrogen (secondary N) is 1. The van der Waals surface area contributed by atoms with Gasteiger partial charge < -0.3 is 5.32 Å². The number of hydrogen-bond acceptors (Lipinski definition) is 3. The molecule has 0 bridgehead atoms. The summed E-state index contributed by atoms with van der Waals surface area (Å²) in [6.07, 6.45) is 1.37. The molecule has 0 fully saturated rings. The molecule has 0 heterocycles. The van der Waals surface area contributed by atoms with E-state index in [2.05, 4.69) is 11.9 Å². The predicted octanol–water partition coefficient (Wildman–Crippen LogP) is 1.40. The Morgan fingerprint density at radius 2 is 1.81 bits per heavy atom. The monoisotopic (exact) mass is 225 g/mol. The Labute approximate surface area is 96.1 Å². The molecule has 0 saturated carbocycles. The van der Waals surface area contributed by atoms with Crippen molar-refractivity contribution < 1.29 is 14.4 Å². The van der Waals surface area contributed by atoms with E-state index in [1.54, 1.807) is 13.8 Å². The van der Waals surface area contributed by atoms with Gasteiger partial charge in [0.25, 0.3) is 0 Å². The summed E-state index contributed by atoms with van der Waals surface area (Å²) in [6.45, 7) is 8.57. The normalized spacial score (nSPS) is 11.7. The largest absolute Gasteiger partial charge is 0.342 e. The minimum absolute atomic E-state index is 0.169. The van der Waals surface area contributed by atoms with Crippen LogP contribution in [0.2, 0.25) is 0 Å². The highest BCUT2D eigenvalue weighted by Crippen LogP contribution is 2.02. The molecule has 0 saturated heterocycles. The molecule has 0 aromatic heterocycles. The molecule has 4 heteroatoms. The standard InChI is InChI=1S/C12H19NO3/c1-5-7-9(11(15)10(14)6-2)13-12(16)8(3)4/h9H,3,5-7H2,1-2,4H3,(H,13,16). The number of amides is 1. The number of rotatable bonds is 7. The van der Waals surface area contributed by atoms with Crippen LogP contribution in [0.1, 0.15) is 40.0 Å². The average Bonchev–Trinajstić information content (AvgIpc) is 2.26. The van der Waals surface area contributed by atoms with Crippen molar-refractivity contribution in [2.45, 2.75) is 46.1 Å². The molecule has 1 atom stereocenters. The second-order valence-corrected chi connectivity index (χ2v) is 3.74. The summed E-state index contributed by atoms with van der Waals surface area (Å²) in [5, 5.41) is 2.52. The molecule has 0 aliphatic rings. The van der Waals surface area contributed by atoms with Gasteiger partial charge in [-0.05, 0) is 13.3 Å². The van der Waals surface area contributed by atoms with Gasteiger partial charge in [-0.15, -0.1) is 0 Å². The van der Waals surface area contributed by atoms with E-state index in [-0.39, 0.29) is 12.3 Å². The van der Waals surface area contributed by atoms with Gasteiger partial charge in [0, 0.05) is 12.0 Å². The minimum Gasteiger partial charge on any atom is -0.342 e. The third-order valence-electron chi connectivity index (χ3n) is 2.18. The number of Topliss-reactive ketones (excluding diaryl/α,β-unsaturated/α-hetero) is 2. The van der Waals surface area contributed by atoms with E-state index in [0.717, 1.165) is 6.42 Å². The quantitative estimate of drug-likeness (QED) is 0.526. The summed E-state index contributed by atoms with van der Waals surface area (Å²) in [4.78, 5) is 34.3. The van der Waals surface area contributed by atoms with Crippen molar-refractivity contribution in [3.63, 3.8) is 0 Å². The maximum absolute atomic E-state index is 11.6. The molecule has 0 rings (SSSR count). The molecule has 4 nitrogen and oxygen atoms in total. The summed E-state index contributed by atoms with van der Waals surface area (Å²) >= 11 is 0. The molecule has 16 heavy (non-hydrogen) atoms. The first kappa shape index (κ1) is 14.6. The summed E-state index contributed by atoms with van der Waals surface area (Å²) in [6, 6.07) is -0.707. The van der Waals surface area contributed by atoms with Crippen LogP contribution in [0.15, 0.2) is 12.2 Å². The maximum Gasteiger partial charge on any atom is 0.246 e. The molecule has 0 aliphatic carbocycles. The Kier molecular flexibility index (Phi) is 6.30. The van der Waals surface area contributed by atoms with Crippen LogP contribution in [0.5, 0.6) is 0 Å². The van der Waals surface area contributed by atoms with Gasteiger partial charge >= 0.3 is 0 Å². The van der Waals surface area contributed by atoms with E-state index in [0.29, 0.717) is 12.0 Å². The third-order valence-corrected chi connectivity index (χ3v) is 2.18. The minimum atomic E-state index is -0.707. The van der Waals surface area contributed by atoms with Gasteiger partial charge in [0.05, 0.1) is 6.04 Å². The lowest BCUT2D eigenvalue weighted by molar-refractivity contribution is -0.138. The fourth-order valence-corrected chi connectivity index (χ4v) is 1.21. The molecule has 90 valence electrons. The highest BCUT2D eigenvalue weighted by atomic mass is 16.2. The topological polar surface area (TPSA) is 63.2 Å². The molecular formula is C12H19NO3. The first-order chi connectivity index (χ1) is 7.43. The van der Waals surface area contributed by atoms with Gasteiger partial charge in [0.15, 0.2) is 5.78 Å². The summed E-state index contributed by atoms with van der Waals surface area (Å²) < 4.78 is 0. The Morgan fingerprint density at radius 3 is 2.19 bits per heavy atom. The predicted molar refractivity (Wildman–Crippen MR) is 62.0 cm³/mol. The van der Waals surface area contributed by atoms with Crippen molar-refractivity contribution in [3.8, 4) is 0 Å². The fraction of sp³-hybridized carbons (Fsp3) is 0.583. The lowest BCUT2D eigenvalue weighted by atomic mass is 10.0. The molecule has 1 amide bonds. The first-order valence-electron chi connectivity index (χ1n) is 5.47. The average molecular weight is 225 g/mol. The zero-order valence-electron chi connectivity index (χ0n) is 10.1. The van der Waals surface area contributed by atoms with Crippen LogP contribution >= 0.6 is 0 Å². The van der Waals surface area contributed by atoms with Crippen molar-refractivity contribution in [3.05, 3.63) is 12.2 Å². The molecule has 1 unspecified atom stereocenters. The molecule has 0 aromatic rings. The SMILES string of the molecule is C=C(C)C(=O)NC(CCC)C(=O)C(=O)CC. The molecule has 0 aromatic carbocycles. The van der Waals surface area contributed by atoms with Crippen molar-refractivity contribution >= 4 is 17.5 Å². The van der Waals surface area contributed by atoms with Crippen LogP contribution in [0.4, 0.5) is 0 Å². The summed E-state index contributed by atoms with van der Waals surface area (Å²) in [5.41, 5.74) is 0.331. The van der Waals surface area contributed by atoms with Gasteiger partial charge in [-0.25, -0.2) is 0 Å². The number of carbonyl (C=O) groups is 3. The van der Waals surface area contributed by atoms with Crippen molar-refractivity contribution in [1.29, 1.82) is 0 Å². The Balaban J connectivity index is 4.61. The van der Waals surface area contributed by atoms with Crippen LogP contribution in [-0.4, -0.2) is 23.5 Å². The van der Waals surface area contributed by atoms with Gasteiger partial charge in [0.2, 0.25) is 11.7 Å². The van der Waals surface area contributed by atoms with E-state index < -0.39 is 17.6 Å². The zero-order chi connectivity index (χ0) is 12.7. The van der Waals surface area contributed by atoms with Crippen LogP contribution in [0.3, 0.4) is 0 Å². The lowest BCUT2D eigenvalue weighted by Crippen LogP contribution is -2.43. The van der Waals surface area contributed by atoms with Gasteiger partial charge in [-0.1, -0.05) is 26.8 Å². The van der Waals surface area contributed by atoms with E-state index in [9.17, 15) is 14.4 Å². The lowest BCUT2D eigenvalue weighted by Gasteiger charge is -2.15. The molecular weight excluding hydrogens is 206 g/mol. The van der Waals surface area contributed by atoms with E-state index in [1.807, 2.05) is 6.92 Å². The van der Waals surface area contributed by atoms with Crippen molar-refractivity contribution in [2.75, 3.05) is 0 Å². The van der Waals surface area contributed by atoms with Crippen LogP contribution in [0, 0.1) is 0 Å². The van der Waals surface area contributed by atoms with E-state index in [1.165, 1.54) is 0 Å². The zero-order valence-corrected chi connectivity index (χ0v) is 10.1. The number of ketones is 2. The molecule has 0 aliphatic heterocycles. The molecule has 1 N–H and O–H groups in total. The van der Waals surface area contributed by atoms with Crippen LogP contribution in [0.25, 0.3) is 0 Å². The van der Waals surface area contributed by atoms with Crippen LogP contribution in [-0.2, 0) is 14.4 Å². The second-order valence-electron chi connectivity index (χ2n) is 3.74. The van der Waals surface area contributed by atoms with Crippen molar-refractivity contribution in [1.82, 2.24) is 5.32 Å². The Morgan fingerprint density at radius 1 is 1.25 bits per heavy atom. The Bertz CT molecular complexity index is 307. The summed E-state index contributed by atoms with van der Waals surface area (Å²) in [7, 11) is 0. The van der Waals surface area contributed by atoms with Crippen molar-refractivity contribution in [2.24, 2.45) is 0 Å². The van der Waals surface area contributed by atoms with E-state index in [4.69, 9.17) is 0 Å². The number of hydrogen-bond donors (Lipinski definition) is 1. The molecule has 0 radical (unpaired) electrons. The summed E-state index contributed by atoms with van der Waals surface area (Å²) in [5.74, 6) is -1.34. The number of carbonyl (C=O) groups excluding carboxylic acids is 3. The third kappa shape index (κ3) is 4.38. The molecule has 0 spiro atoms. The van der Waals surface area contributed by atoms with Gasteiger partial charge in [-0.3, -0.25) is 14.4 Å².